The van der Waals surface area contributed by atoms with Gasteiger partial charge in [-0.1, -0.05) is 0 Å². The van der Waals surface area contributed by atoms with Gasteiger partial charge >= 0.3 is 0 Å². The summed E-state index contributed by atoms with van der Waals surface area (Å²) in [6.07, 6.45) is 1.83. The maximum atomic E-state index is 4.95. The van der Waals surface area contributed by atoms with Gasteiger partial charge in [0.2, 0.25) is 0 Å². The molecule has 0 aliphatic carbocycles. The lowest BCUT2D eigenvalue weighted by Crippen LogP contribution is -2.40. The largest absolute Gasteiger partial charge is 0.367 e. The van der Waals surface area contributed by atoms with E-state index < -0.39 is 0 Å². The van der Waals surface area contributed by atoms with Gasteiger partial charge in [-0.05, 0) is 53.0 Å². The number of aryl methyl sites for hydroxylation is 2. The van der Waals surface area contributed by atoms with Crippen LogP contribution in [-0.2, 0) is 7.05 Å². The molecule has 8 nitrogen and oxygen atoms in total. The van der Waals surface area contributed by atoms with Crippen LogP contribution in [0.25, 0.3) is 28.2 Å². The van der Waals surface area contributed by atoms with Gasteiger partial charge in [0.05, 0.1) is 16.9 Å². The lowest BCUT2D eigenvalue weighted by molar-refractivity contribution is 0.182. The van der Waals surface area contributed by atoms with Gasteiger partial charge in [0, 0.05) is 43.3 Å². The van der Waals surface area contributed by atoms with Crippen LogP contribution in [0.5, 0.6) is 0 Å². The lowest BCUT2D eigenvalue weighted by atomic mass is 10.2. The van der Waals surface area contributed by atoms with Crippen LogP contribution in [0.3, 0.4) is 0 Å². The summed E-state index contributed by atoms with van der Waals surface area (Å²) in [5.74, 6) is 1.43. The summed E-state index contributed by atoms with van der Waals surface area (Å²) in [7, 11) is 1.95. The number of rotatable bonds is 8. The third-order valence-electron chi connectivity index (χ3n) is 5.90. The summed E-state index contributed by atoms with van der Waals surface area (Å²) in [5, 5.41) is 12.3. The number of thiophene rings is 1. The molecule has 0 aliphatic rings. The second-order valence-electron chi connectivity index (χ2n) is 8.69. The van der Waals surface area contributed by atoms with Crippen LogP contribution < -0.4 is 5.32 Å². The Morgan fingerprint density at radius 2 is 1.88 bits per heavy atom. The van der Waals surface area contributed by atoms with Crippen molar-refractivity contribution in [2.45, 2.75) is 53.6 Å². The lowest BCUT2D eigenvalue weighted by Gasteiger charge is -2.30. The van der Waals surface area contributed by atoms with Gasteiger partial charge in [-0.2, -0.15) is 16.4 Å². The standard InChI is InChI=1S/C23H32N8S/c1-14(2)30(15(3)4)10-9-24-22-20-23(31(13-25-20)18-8-11-32-12-18)27-21(26-22)19-16(5)28-29(7)17(19)6/h8,11-15H,9-10H2,1-7H3,(H,24,26,27). The average Bonchev–Trinajstić information content (AvgIpc) is 3.44. The second-order valence-corrected chi connectivity index (χ2v) is 9.47. The minimum atomic E-state index is 0.483. The summed E-state index contributed by atoms with van der Waals surface area (Å²) in [4.78, 5) is 17.0. The van der Waals surface area contributed by atoms with E-state index in [-0.39, 0.29) is 0 Å². The molecule has 0 spiro atoms. The number of anilines is 1. The molecule has 0 saturated carbocycles. The SMILES string of the molecule is Cc1nn(C)c(C)c1-c1nc(NCCN(C(C)C)C(C)C)c2ncn(-c3ccsc3)c2n1. The molecule has 0 saturated heterocycles. The van der Waals surface area contributed by atoms with Crippen LogP contribution in [0.2, 0.25) is 0 Å². The first kappa shape index (κ1) is 22.4. The molecule has 0 radical (unpaired) electrons. The van der Waals surface area contributed by atoms with Crippen molar-refractivity contribution in [3.63, 3.8) is 0 Å². The van der Waals surface area contributed by atoms with E-state index in [1.54, 1.807) is 11.3 Å². The van der Waals surface area contributed by atoms with Gasteiger partial charge in [0.1, 0.15) is 6.33 Å². The molecule has 0 bridgehead atoms. The number of aromatic nitrogens is 6. The Hall–Kier alpha value is -2.78. The van der Waals surface area contributed by atoms with E-state index in [1.807, 2.05) is 29.5 Å². The van der Waals surface area contributed by atoms with Crippen LogP contribution in [0.1, 0.15) is 39.1 Å². The number of fused-ring (bicyclic) bond motifs is 1. The Kier molecular flexibility index (Phi) is 6.30. The summed E-state index contributed by atoms with van der Waals surface area (Å²) in [6.45, 7) is 14.7. The smallest absolute Gasteiger partial charge is 0.170 e. The molecule has 170 valence electrons. The minimum Gasteiger partial charge on any atom is -0.367 e. The van der Waals surface area contributed by atoms with Crippen LogP contribution >= 0.6 is 11.3 Å². The average molecular weight is 453 g/mol. The maximum absolute atomic E-state index is 4.95. The quantitative estimate of drug-likeness (QED) is 0.426. The molecule has 4 heterocycles. The zero-order chi connectivity index (χ0) is 23.0. The summed E-state index contributed by atoms with van der Waals surface area (Å²) in [6, 6.07) is 3.04. The molecule has 32 heavy (non-hydrogen) atoms. The van der Waals surface area contributed by atoms with Crippen LogP contribution in [0.15, 0.2) is 23.2 Å². The first-order valence-corrected chi connectivity index (χ1v) is 12.0. The highest BCUT2D eigenvalue weighted by atomic mass is 32.1. The topological polar surface area (TPSA) is 76.7 Å². The highest BCUT2D eigenvalue weighted by molar-refractivity contribution is 7.08. The molecular formula is C23H32N8S. The van der Waals surface area contributed by atoms with E-state index in [0.717, 1.165) is 52.7 Å². The summed E-state index contributed by atoms with van der Waals surface area (Å²) >= 11 is 1.66. The van der Waals surface area contributed by atoms with Gasteiger partial charge in [-0.25, -0.2) is 15.0 Å². The van der Waals surface area contributed by atoms with E-state index >= 15 is 0 Å². The normalized spacial score (nSPS) is 12.1. The van der Waals surface area contributed by atoms with E-state index in [9.17, 15) is 0 Å². The fourth-order valence-electron chi connectivity index (χ4n) is 4.23. The molecule has 0 amide bonds. The van der Waals surface area contributed by atoms with Crippen LogP contribution in [0, 0.1) is 13.8 Å². The zero-order valence-corrected chi connectivity index (χ0v) is 20.7. The Bertz CT molecular complexity index is 1190. The predicted octanol–water partition coefficient (Wildman–Crippen LogP) is 4.43. The molecule has 0 aliphatic heterocycles. The van der Waals surface area contributed by atoms with Crippen molar-refractivity contribution >= 4 is 28.3 Å². The van der Waals surface area contributed by atoms with Crippen molar-refractivity contribution in [2.75, 3.05) is 18.4 Å². The minimum absolute atomic E-state index is 0.483. The van der Waals surface area contributed by atoms with E-state index in [0.29, 0.717) is 17.9 Å². The van der Waals surface area contributed by atoms with E-state index in [2.05, 4.69) is 71.7 Å². The highest BCUT2D eigenvalue weighted by Crippen LogP contribution is 2.29. The molecular weight excluding hydrogens is 420 g/mol. The second kappa shape index (κ2) is 8.99. The molecule has 4 aromatic heterocycles. The Morgan fingerprint density at radius 1 is 1.12 bits per heavy atom. The van der Waals surface area contributed by atoms with Gasteiger partial charge in [-0.15, -0.1) is 0 Å². The van der Waals surface area contributed by atoms with Gasteiger partial charge in [0.25, 0.3) is 0 Å². The third-order valence-corrected chi connectivity index (χ3v) is 6.57. The molecule has 0 fully saturated rings. The van der Waals surface area contributed by atoms with Crippen molar-refractivity contribution in [3.8, 4) is 17.1 Å². The van der Waals surface area contributed by atoms with Crippen LogP contribution in [0.4, 0.5) is 5.82 Å². The Labute approximate surface area is 193 Å². The van der Waals surface area contributed by atoms with Crippen LogP contribution in [-0.4, -0.2) is 59.4 Å². The van der Waals surface area contributed by atoms with Crippen molar-refractivity contribution in [2.24, 2.45) is 7.05 Å². The number of nitrogens with one attached hydrogen (secondary N) is 1. The molecule has 4 rings (SSSR count). The maximum Gasteiger partial charge on any atom is 0.170 e. The molecule has 0 aromatic carbocycles. The van der Waals surface area contributed by atoms with E-state index in [1.165, 1.54) is 0 Å². The summed E-state index contributed by atoms with van der Waals surface area (Å²) in [5.41, 5.74) is 5.56. The summed E-state index contributed by atoms with van der Waals surface area (Å²) < 4.78 is 3.91. The third kappa shape index (κ3) is 4.14. The van der Waals surface area contributed by atoms with Crippen molar-refractivity contribution < 1.29 is 0 Å². The number of hydrogen-bond acceptors (Lipinski definition) is 7. The highest BCUT2D eigenvalue weighted by Gasteiger charge is 2.20. The van der Waals surface area contributed by atoms with Crippen molar-refractivity contribution in [1.29, 1.82) is 0 Å². The Morgan fingerprint density at radius 3 is 2.47 bits per heavy atom. The molecule has 4 aromatic rings. The van der Waals surface area contributed by atoms with Gasteiger partial charge < -0.3 is 5.32 Å². The number of hydrogen-bond donors (Lipinski definition) is 1. The number of imidazole rings is 1. The fraction of sp³-hybridized carbons (Fsp3) is 0.478. The van der Waals surface area contributed by atoms with Crippen molar-refractivity contribution in [1.82, 2.24) is 34.2 Å². The molecule has 9 heteroatoms. The predicted molar refractivity (Wildman–Crippen MR) is 132 cm³/mol. The van der Waals surface area contributed by atoms with Crippen molar-refractivity contribution in [3.05, 3.63) is 34.5 Å². The first-order valence-electron chi connectivity index (χ1n) is 11.1. The van der Waals surface area contributed by atoms with Gasteiger partial charge in [-0.3, -0.25) is 14.1 Å². The van der Waals surface area contributed by atoms with Gasteiger partial charge in [0.15, 0.2) is 22.8 Å². The monoisotopic (exact) mass is 452 g/mol. The number of nitrogens with zero attached hydrogens (tertiary/aromatic N) is 7. The molecule has 0 unspecified atom stereocenters. The Balaban J connectivity index is 1.77. The molecule has 0 atom stereocenters. The van der Waals surface area contributed by atoms with E-state index in [4.69, 9.17) is 9.97 Å². The first-order chi connectivity index (χ1) is 15.3. The zero-order valence-electron chi connectivity index (χ0n) is 19.9. The fourth-order valence-corrected chi connectivity index (χ4v) is 4.86. The molecule has 1 N–H and O–H groups in total.